The van der Waals surface area contributed by atoms with Crippen LogP contribution in [-0.2, 0) is 14.3 Å². The van der Waals surface area contributed by atoms with E-state index in [1.54, 1.807) is 18.2 Å². The van der Waals surface area contributed by atoms with E-state index >= 15 is 0 Å². The second-order valence-electron chi connectivity index (χ2n) is 7.05. The monoisotopic (exact) mass is 480 g/mol. The smallest absolute Gasteiger partial charge is 0.319 e. The van der Waals surface area contributed by atoms with Gasteiger partial charge >= 0.3 is 6.03 Å². The van der Waals surface area contributed by atoms with Crippen LogP contribution in [0.25, 0.3) is 10.8 Å². The molecule has 0 radical (unpaired) electrons. The normalized spacial score (nSPS) is 12.5. The Hall–Kier alpha value is -2.32. The molecule has 0 aliphatic heterocycles. The van der Waals surface area contributed by atoms with Crippen LogP contribution in [0.5, 0.6) is 0 Å². The molecule has 31 heavy (non-hydrogen) atoms. The molecule has 3 aromatic rings. The highest BCUT2D eigenvalue weighted by Crippen LogP contribution is 2.28. The van der Waals surface area contributed by atoms with E-state index in [9.17, 15) is 13.2 Å². The molecule has 0 bridgehead atoms. The number of carbonyl (C=O) groups is 1. The second-order valence-corrected chi connectivity index (χ2v) is 9.51. The quantitative estimate of drug-likeness (QED) is 0.421. The van der Waals surface area contributed by atoms with Gasteiger partial charge in [0.15, 0.2) is 0 Å². The minimum atomic E-state index is -3.56. The van der Waals surface area contributed by atoms with Gasteiger partial charge in [0.25, 0.3) is 10.1 Å². The SMILES string of the molecule is CS(=O)(=O)OCCC(CNC(=O)Nc1cccc2ccccc12)c1ccc(Cl)c(Cl)c1. The van der Waals surface area contributed by atoms with Crippen LogP contribution in [0.15, 0.2) is 60.7 Å². The summed E-state index contributed by atoms with van der Waals surface area (Å²) in [5, 5.41) is 8.46. The third kappa shape index (κ3) is 6.83. The molecule has 6 nitrogen and oxygen atoms in total. The van der Waals surface area contributed by atoms with Crippen molar-refractivity contribution < 1.29 is 17.4 Å². The van der Waals surface area contributed by atoms with E-state index in [4.69, 9.17) is 27.4 Å². The highest BCUT2D eigenvalue weighted by Gasteiger charge is 2.16. The van der Waals surface area contributed by atoms with Gasteiger partial charge in [-0.2, -0.15) is 8.42 Å². The first-order valence-corrected chi connectivity index (χ1v) is 12.1. The van der Waals surface area contributed by atoms with Gasteiger partial charge in [-0.1, -0.05) is 65.7 Å². The molecule has 2 N–H and O–H groups in total. The number of hydrogen-bond acceptors (Lipinski definition) is 4. The summed E-state index contributed by atoms with van der Waals surface area (Å²) in [6, 6.07) is 18.2. The van der Waals surface area contributed by atoms with E-state index in [-0.39, 0.29) is 25.1 Å². The summed E-state index contributed by atoms with van der Waals surface area (Å²) in [7, 11) is -3.56. The summed E-state index contributed by atoms with van der Waals surface area (Å²) in [5.74, 6) is -0.227. The summed E-state index contributed by atoms with van der Waals surface area (Å²) in [5.41, 5.74) is 1.51. The molecule has 0 fully saturated rings. The number of urea groups is 1. The molecule has 0 aliphatic rings. The van der Waals surface area contributed by atoms with Gasteiger partial charge in [-0.05, 0) is 35.6 Å². The van der Waals surface area contributed by atoms with Gasteiger partial charge in [0, 0.05) is 17.8 Å². The van der Waals surface area contributed by atoms with E-state index in [0.29, 0.717) is 22.2 Å². The fraction of sp³-hybridized carbons (Fsp3) is 0.227. The molecule has 3 aromatic carbocycles. The van der Waals surface area contributed by atoms with Crippen molar-refractivity contribution in [2.75, 3.05) is 24.7 Å². The van der Waals surface area contributed by atoms with Crippen molar-refractivity contribution in [3.8, 4) is 0 Å². The van der Waals surface area contributed by atoms with Crippen LogP contribution < -0.4 is 10.6 Å². The zero-order valence-corrected chi connectivity index (χ0v) is 19.1. The van der Waals surface area contributed by atoms with Crippen molar-refractivity contribution in [3.05, 3.63) is 76.3 Å². The lowest BCUT2D eigenvalue weighted by Gasteiger charge is -2.19. The molecule has 3 rings (SSSR count). The molecular formula is C22H22Cl2N2O4S. The molecule has 0 aromatic heterocycles. The standard InChI is InChI=1S/C22H22Cl2N2O4S/c1-31(28,29)30-12-11-17(16-9-10-19(23)20(24)13-16)14-25-22(27)26-21-8-4-6-15-5-2-3-7-18(15)21/h2-10,13,17H,11-12,14H2,1H3,(H2,25,26,27). The first-order valence-electron chi connectivity index (χ1n) is 9.55. The third-order valence-corrected chi connectivity index (χ3v) is 6.06. The Balaban J connectivity index is 1.69. The van der Waals surface area contributed by atoms with Gasteiger partial charge in [-0.15, -0.1) is 0 Å². The molecule has 0 heterocycles. The highest BCUT2D eigenvalue weighted by atomic mass is 35.5. The van der Waals surface area contributed by atoms with E-state index in [0.717, 1.165) is 22.6 Å². The maximum absolute atomic E-state index is 12.5. The molecule has 9 heteroatoms. The Kier molecular flexibility index (Phi) is 7.78. The number of nitrogens with one attached hydrogen (secondary N) is 2. The number of amides is 2. The Morgan fingerprint density at radius 2 is 1.77 bits per heavy atom. The average Bonchev–Trinajstić information content (AvgIpc) is 2.72. The zero-order chi connectivity index (χ0) is 22.4. The minimum Gasteiger partial charge on any atom is -0.337 e. The van der Waals surface area contributed by atoms with Crippen molar-refractivity contribution in [1.82, 2.24) is 5.32 Å². The summed E-state index contributed by atoms with van der Waals surface area (Å²) in [4.78, 5) is 12.5. The number of halogens is 2. The van der Waals surface area contributed by atoms with Crippen molar-refractivity contribution in [1.29, 1.82) is 0 Å². The number of fused-ring (bicyclic) bond motifs is 1. The third-order valence-electron chi connectivity index (χ3n) is 4.73. The molecule has 1 unspecified atom stereocenters. The second kappa shape index (κ2) is 10.3. The summed E-state index contributed by atoms with van der Waals surface area (Å²) in [6.45, 7) is 0.234. The maximum Gasteiger partial charge on any atom is 0.319 e. The van der Waals surface area contributed by atoms with Gasteiger partial charge in [0.1, 0.15) is 0 Å². The van der Waals surface area contributed by atoms with Crippen LogP contribution in [0.2, 0.25) is 10.0 Å². The molecule has 0 saturated heterocycles. The number of carbonyl (C=O) groups excluding carboxylic acids is 1. The van der Waals surface area contributed by atoms with Gasteiger partial charge < -0.3 is 10.6 Å². The number of rotatable bonds is 8. The van der Waals surface area contributed by atoms with Crippen LogP contribution in [0.1, 0.15) is 17.9 Å². The summed E-state index contributed by atoms with van der Waals surface area (Å²) >= 11 is 12.1. The van der Waals surface area contributed by atoms with Crippen LogP contribution in [0.3, 0.4) is 0 Å². The molecule has 0 saturated carbocycles. The molecule has 2 amide bonds. The summed E-state index contributed by atoms with van der Waals surface area (Å²) < 4.78 is 27.4. The van der Waals surface area contributed by atoms with Crippen LogP contribution in [0.4, 0.5) is 10.5 Å². The predicted octanol–water partition coefficient (Wildman–Crippen LogP) is 5.42. The fourth-order valence-corrected chi connectivity index (χ4v) is 3.92. The van der Waals surface area contributed by atoms with E-state index in [2.05, 4.69) is 10.6 Å². The van der Waals surface area contributed by atoms with E-state index in [1.165, 1.54) is 0 Å². The number of benzene rings is 3. The lowest BCUT2D eigenvalue weighted by molar-refractivity contribution is 0.250. The lowest BCUT2D eigenvalue weighted by Crippen LogP contribution is -2.33. The zero-order valence-electron chi connectivity index (χ0n) is 16.8. The van der Waals surface area contributed by atoms with Crippen molar-refractivity contribution >= 4 is 55.8 Å². The molecule has 0 spiro atoms. The Morgan fingerprint density at radius 1 is 1.03 bits per heavy atom. The minimum absolute atomic E-state index is 0.0175. The molecular weight excluding hydrogens is 459 g/mol. The fourth-order valence-electron chi connectivity index (χ4n) is 3.21. The Bertz CT molecular complexity index is 1180. The first-order chi connectivity index (χ1) is 14.7. The van der Waals surface area contributed by atoms with Crippen LogP contribution in [-0.4, -0.2) is 33.9 Å². The number of anilines is 1. The first kappa shape index (κ1) is 23.3. The topological polar surface area (TPSA) is 84.5 Å². The van der Waals surface area contributed by atoms with Gasteiger partial charge in [0.05, 0.1) is 28.6 Å². The average molecular weight is 481 g/mol. The van der Waals surface area contributed by atoms with Crippen molar-refractivity contribution in [2.45, 2.75) is 12.3 Å². The maximum atomic E-state index is 12.5. The molecule has 0 aliphatic carbocycles. The van der Waals surface area contributed by atoms with Gasteiger partial charge in [-0.25, -0.2) is 4.79 Å². The Morgan fingerprint density at radius 3 is 2.52 bits per heavy atom. The van der Waals surface area contributed by atoms with Crippen molar-refractivity contribution in [3.63, 3.8) is 0 Å². The van der Waals surface area contributed by atoms with Crippen molar-refractivity contribution in [2.24, 2.45) is 0 Å². The van der Waals surface area contributed by atoms with Gasteiger partial charge in [0.2, 0.25) is 0 Å². The van der Waals surface area contributed by atoms with E-state index < -0.39 is 10.1 Å². The lowest BCUT2D eigenvalue weighted by atomic mass is 9.96. The summed E-state index contributed by atoms with van der Waals surface area (Å²) in [6.07, 6.45) is 1.36. The molecule has 164 valence electrons. The predicted molar refractivity (Wildman–Crippen MR) is 126 cm³/mol. The van der Waals surface area contributed by atoms with Crippen LogP contribution >= 0.6 is 23.2 Å². The largest absolute Gasteiger partial charge is 0.337 e. The Labute approximate surface area is 191 Å². The van der Waals surface area contributed by atoms with Gasteiger partial charge in [-0.3, -0.25) is 4.18 Å². The molecule has 1 atom stereocenters. The highest BCUT2D eigenvalue weighted by molar-refractivity contribution is 7.85. The number of hydrogen-bond donors (Lipinski definition) is 2. The van der Waals surface area contributed by atoms with E-state index in [1.807, 2.05) is 42.5 Å². The van der Waals surface area contributed by atoms with Crippen LogP contribution in [0, 0.1) is 0 Å².